The Balaban J connectivity index is 2.95. The number of amides is 1. The highest BCUT2D eigenvalue weighted by atomic mass is 19.1. The fraction of sp³-hybridized carbons (Fsp3) is 0.300. The average Bonchev–Trinajstić information content (AvgIpc) is 2.16. The van der Waals surface area contributed by atoms with Crippen molar-refractivity contribution in [3.63, 3.8) is 0 Å². The lowest BCUT2D eigenvalue weighted by Gasteiger charge is -2.16. The molecule has 0 N–H and O–H groups in total. The molecule has 1 rings (SSSR count). The topological polar surface area (TPSA) is 20.3 Å². The lowest BCUT2D eigenvalue weighted by atomic mass is 10.2. The SMILES string of the molecule is CCC(=O)N(C)c1ccccc1F. The molecule has 2 nitrogen and oxygen atoms in total. The smallest absolute Gasteiger partial charge is 0.226 e. The van der Waals surface area contributed by atoms with E-state index in [1.807, 2.05) is 0 Å². The Morgan fingerprint density at radius 3 is 2.62 bits per heavy atom. The molecule has 0 saturated heterocycles. The molecule has 0 saturated carbocycles. The van der Waals surface area contributed by atoms with Gasteiger partial charge in [0.2, 0.25) is 5.91 Å². The summed E-state index contributed by atoms with van der Waals surface area (Å²) in [6, 6.07) is 6.23. The number of hydrogen-bond acceptors (Lipinski definition) is 1. The van der Waals surface area contributed by atoms with Gasteiger partial charge in [0.25, 0.3) is 0 Å². The van der Waals surface area contributed by atoms with Crippen molar-refractivity contribution in [2.24, 2.45) is 0 Å². The van der Waals surface area contributed by atoms with Crippen LogP contribution in [-0.4, -0.2) is 13.0 Å². The van der Waals surface area contributed by atoms with Gasteiger partial charge in [-0.05, 0) is 12.1 Å². The molecule has 0 aliphatic carbocycles. The highest BCUT2D eigenvalue weighted by molar-refractivity contribution is 5.92. The number of halogens is 1. The van der Waals surface area contributed by atoms with Gasteiger partial charge in [-0.1, -0.05) is 19.1 Å². The molecule has 0 fully saturated rings. The summed E-state index contributed by atoms with van der Waals surface area (Å²) < 4.78 is 13.1. The number of rotatable bonds is 2. The Morgan fingerprint density at radius 1 is 1.46 bits per heavy atom. The molecular formula is C10H12FNO. The molecular weight excluding hydrogens is 169 g/mol. The van der Waals surface area contributed by atoms with Gasteiger partial charge in [-0.2, -0.15) is 0 Å². The predicted octanol–water partition coefficient (Wildman–Crippen LogP) is 2.20. The quantitative estimate of drug-likeness (QED) is 0.685. The van der Waals surface area contributed by atoms with Crippen LogP contribution in [0.5, 0.6) is 0 Å². The normalized spacial score (nSPS) is 9.77. The summed E-state index contributed by atoms with van der Waals surface area (Å²) in [5, 5.41) is 0. The van der Waals surface area contributed by atoms with E-state index >= 15 is 0 Å². The Morgan fingerprint density at radius 2 is 2.08 bits per heavy atom. The monoisotopic (exact) mass is 181 g/mol. The standard InChI is InChI=1S/C10H12FNO/c1-3-10(13)12(2)9-7-5-4-6-8(9)11/h4-7H,3H2,1-2H3. The molecule has 1 aromatic carbocycles. The van der Waals surface area contributed by atoms with E-state index in [4.69, 9.17) is 0 Å². The van der Waals surface area contributed by atoms with Crippen LogP contribution in [0.3, 0.4) is 0 Å². The molecule has 0 radical (unpaired) electrons. The number of carbonyl (C=O) groups is 1. The Hall–Kier alpha value is -1.38. The molecule has 13 heavy (non-hydrogen) atoms. The lowest BCUT2D eigenvalue weighted by molar-refractivity contribution is -0.118. The third-order valence-corrected chi connectivity index (χ3v) is 1.89. The van der Waals surface area contributed by atoms with Gasteiger partial charge in [0.1, 0.15) is 5.82 Å². The van der Waals surface area contributed by atoms with Gasteiger partial charge >= 0.3 is 0 Å². The average molecular weight is 181 g/mol. The summed E-state index contributed by atoms with van der Waals surface area (Å²) in [7, 11) is 1.57. The zero-order valence-electron chi connectivity index (χ0n) is 7.75. The summed E-state index contributed by atoms with van der Waals surface area (Å²) in [4.78, 5) is 12.6. The molecule has 1 amide bonds. The number of benzene rings is 1. The van der Waals surface area contributed by atoms with Crippen molar-refractivity contribution in [1.29, 1.82) is 0 Å². The molecule has 70 valence electrons. The maximum atomic E-state index is 13.1. The molecule has 0 spiro atoms. The van der Waals surface area contributed by atoms with Gasteiger partial charge in [0.05, 0.1) is 5.69 Å². The maximum absolute atomic E-state index is 13.1. The Kier molecular flexibility index (Phi) is 3.01. The minimum absolute atomic E-state index is 0.0925. The van der Waals surface area contributed by atoms with Crippen LogP contribution in [0.15, 0.2) is 24.3 Å². The van der Waals surface area contributed by atoms with E-state index in [0.717, 1.165) is 0 Å². The summed E-state index contributed by atoms with van der Waals surface area (Å²) >= 11 is 0. The minimum atomic E-state index is -0.369. The first-order valence-electron chi connectivity index (χ1n) is 4.18. The van der Waals surface area contributed by atoms with Gasteiger partial charge in [-0.25, -0.2) is 4.39 Å². The molecule has 0 aliphatic heterocycles. The van der Waals surface area contributed by atoms with E-state index in [1.54, 1.807) is 32.2 Å². The van der Waals surface area contributed by atoms with Crippen molar-refractivity contribution in [3.05, 3.63) is 30.1 Å². The summed E-state index contributed by atoms with van der Waals surface area (Å²) in [6.07, 6.45) is 0.380. The maximum Gasteiger partial charge on any atom is 0.226 e. The third kappa shape index (κ3) is 2.05. The molecule has 0 unspecified atom stereocenters. The Labute approximate surface area is 77.0 Å². The van der Waals surface area contributed by atoms with E-state index in [9.17, 15) is 9.18 Å². The first-order valence-corrected chi connectivity index (χ1v) is 4.18. The zero-order valence-corrected chi connectivity index (χ0v) is 7.75. The van der Waals surface area contributed by atoms with Gasteiger partial charge in [0.15, 0.2) is 0 Å². The summed E-state index contributed by atoms with van der Waals surface area (Å²) in [5.74, 6) is -0.461. The van der Waals surface area contributed by atoms with Crippen LogP contribution in [0.25, 0.3) is 0 Å². The summed E-state index contributed by atoms with van der Waals surface area (Å²) in [6.45, 7) is 1.75. The second-order valence-corrected chi connectivity index (χ2v) is 2.76. The van der Waals surface area contributed by atoms with E-state index in [2.05, 4.69) is 0 Å². The fourth-order valence-corrected chi connectivity index (χ4v) is 1.10. The van der Waals surface area contributed by atoms with Gasteiger partial charge in [-0.15, -0.1) is 0 Å². The van der Waals surface area contributed by atoms with Gasteiger partial charge < -0.3 is 4.90 Å². The van der Waals surface area contributed by atoms with E-state index in [0.29, 0.717) is 12.1 Å². The number of carbonyl (C=O) groups excluding carboxylic acids is 1. The van der Waals surface area contributed by atoms with Crippen LogP contribution >= 0.6 is 0 Å². The first kappa shape index (κ1) is 9.71. The summed E-state index contributed by atoms with van der Waals surface area (Å²) in [5.41, 5.74) is 0.328. The molecule has 3 heteroatoms. The zero-order chi connectivity index (χ0) is 9.84. The second kappa shape index (κ2) is 4.03. The van der Waals surface area contributed by atoms with E-state index in [-0.39, 0.29) is 11.7 Å². The van der Waals surface area contributed by atoms with E-state index in [1.165, 1.54) is 11.0 Å². The minimum Gasteiger partial charge on any atom is -0.313 e. The van der Waals surface area contributed by atoms with Crippen LogP contribution in [0.4, 0.5) is 10.1 Å². The van der Waals surface area contributed by atoms with E-state index < -0.39 is 0 Å². The number of anilines is 1. The third-order valence-electron chi connectivity index (χ3n) is 1.89. The highest BCUT2D eigenvalue weighted by Gasteiger charge is 2.11. The Bertz CT molecular complexity index is 312. The van der Waals surface area contributed by atoms with Crippen LogP contribution in [0.1, 0.15) is 13.3 Å². The first-order chi connectivity index (χ1) is 6.16. The molecule has 0 heterocycles. The largest absolute Gasteiger partial charge is 0.313 e. The van der Waals surface area contributed by atoms with Crippen molar-refractivity contribution in [2.45, 2.75) is 13.3 Å². The molecule has 0 bridgehead atoms. The molecule has 1 aromatic rings. The number of nitrogens with zero attached hydrogens (tertiary/aromatic N) is 1. The molecule has 0 aromatic heterocycles. The number of para-hydroxylation sites is 1. The van der Waals surface area contributed by atoms with Crippen molar-refractivity contribution < 1.29 is 9.18 Å². The van der Waals surface area contributed by atoms with Crippen LogP contribution in [0, 0.1) is 5.82 Å². The molecule has 0 aliphatic rings. The van der Waals surface area contributed by atoms with Crippen molar-refractivity contribution in [3.8, 4) is 0 Å². The van der Waals surface area contributed by atoms with Gasteiger partial charge in [0, 0.05) is 13.5 Å². The van der Waals surface area contributed by atoms with Crippen LogP contribution in [0.2, 0.25) is 0 Å². The van der Waals surface area contributed by atoms with Crippen LogP contribution in [-0.2, 0) is 4.79 Å². The molecule has 0 atom stereocenters. The predicted molar refractivity (Wildman–Crippen MR) is 50.1 cm³/mol. The highest BCUT2D eigenvalue weighted by Crippen LogP contribution is 2.17. The van der Waals surface area contributed by atoms with Crippen LogP contribution < -0.4 is 4.90 Å². The van der Waals surface area contributed by atoms with Gasteiger partial charge in [-0.3, -0.25) is 4.79 Å². The van der Waals surface area contributed by atoms with Crippen molar-refractivity contribution in [1.82, 2.24) is 0 Å². The van der Waals surface area contributed by atoms with Crippen molar-refractivity contribution >= 4 is 11.6 Å². The second-order valence-electron chi connectivity index (χ2n) is 2.76. The lowest BCUT2D eigenvalue weighted by Crippen LogP contribution is -2.25. The fourth-order valence-electron chi connectivity index (χ4n) is 1.10. The van der Waals surface area contributed by atoms with Crippen molar-refractivity contribution in [2.75, 3.05) is 11.9 Å². The number of hydrogen-bond donors (Lipinski definition) is 0.